The average molecular weight is 475 g/mol. The van der Waals surface area contributed by atoms with Crippen LogP contribution in [0.2, 0.25) is 0 Å². The number of hydrogen-bond acceptors (Lipinski definition) is 6. The zero-order valence-corrected chi connectivity index (χ0v) is 19.2. The molecule has 0 atom stereocenters. The van der Waals surface area contributed by atoms with E-state index in [9.17, 15) is 9.59 Å². The van der Waals surface area contributed by atoms with Crippen molar-refractivity contribution in [2.75, 3.05) is 11.5 Å². The standard InChI is InChI=1S/2C15H11NO2/c2*16-12-7-6-11-8-13(10-4-2-1-3-5-10)15(17)18-14(11)9-12/h2*1-9H,16H2. The zero-order valence-electron chi connectivity index (χ0n) is 19.2. The molecule has 6 aromatic rings. The predicted molar refractivity (Wildman–Crippen MR) is 145 cm³/mol. The molecule has 6 nitrogen and oxygen atoms in total. The van der Waals surface area contributed by atoms with Gasteiger partial charge < -0.3 is 20.3 Å². The number of nitrogen functional groups attached to an aromatic ring is 2. The third-order valence-corrected chi connectivity index (χ3v) is 5.69. The predicted octanol–water partition coefficient (Wildman–Crippen LogP) is 6.08. The van der Waals surface area contributed by atoms with Gasteiger partial charge in [0.1, 0.15) is 11.2 Å². The highest BCUT2D eigenvalue weighted by Crippen LogP contribution is 2.23. The van der Waals surface area contributed by atoms with Crippen molar-refractivity contribution in [3.63, 3.8) is 0 Å². The summed E-state index contributed by atoms with van der Waals surface area (Å²) in [6.45, 7) is 0. The Bertz CT molecular complexity index is 1660. The lowest BCUT2D eigenvalue weighted by Gasteiger charge is -2.02. The minimum atomic E-state index is -0.348. The fourth-order valence-corrected chi connectivity index (χ4v) is 3.89. The topological polar surface area (TPSA) is 112 Å². The number of anilines is 2. The quantitative estimate of drug-likeness (QED) is 0.232. The van der Waals surface area contributed by atoms with Gasteiger partial charge in [-0.2, -0.15) is 0 Å². The summed E-state index contributed by atoms with van der Waals surface area (Å²) in [5.41, 5.74) is 15.6. The van der Waals surface area contributed by atoms with Crippen molar-refractivity contribution < 1.29 is 8.83 Å². The van der Waals surface area contributed by atoms with Crippen LogP contribution in [-0.2, 0) is 0 Å². The third kappa shape index (κ3) is 4.74. The van der Waals surface area contributed by atoms with E-state index < -0.39 is 0 Å². The highest BCUT2D eigenvalue weighted by atomic mass is 16.4. The van der Waals surface area contributed by atoms with Crippen molar-refractivity contribution in [3.05, 3.63) is 130 Å². The Balaban J connectivity index is 0.000000148. The Morgan fingerprint density at radius 1 is 0.472 bits per heavy atom. The third-order valence-electron chi connectivity index (χ3n) is 5.69. The molecule has 6 heteroatoms. The first kappa shape index (κ1) is 22.7. The molecular weight excluding hydrogens is 452 g/mol. The van der Waals surface area contributed by atoms with Crippen molar-refractivity contribution >= 4 is 33.3 Å². The first-order valence-corrected chi connectivity index (χ1v) is 11.3. The van der Waals surface area contributed by atoms with Crippen molar-refractivity contribution in [1.29, 1.82) is 0 Å². The molecule has 0 aliphatic heterocycles. The highest BCUT2D eigenvalue weighted by Gasteiger charge is 2.08. The minimum absolute atomic E-state index is 0.348. The molecule has 176 valence electrons. The van der Waals surface area contributed by atoms with Crippen molar-refractivity contribution in [2.45, 2.75) is 0 Å². The number of benzene rings is 4. The lowest BCUT2D eigenvalue weighted by Crippen LogP contribution is -2.02. The summed E-state index contributed by atoms with van der Waals surface area (Å²) in [6.07, 6.45) is 0. The fourth-order valence-electron chi connectivity index (χ4n) is 3.89. The Morgan fingerprint density at radius 3 is 1.25 bits per heavy atom. The van der Waals surface area contributed by atoms with Gasteiger partial charge in [-0.05, 0) is 47.5 Å². The molecule has 4 N–H and O–H groups in total. The molecule has 0 radical (unpaired) electrons. The van der Waals surface area contributed by atoms with Crippen LogP contribution in [0.25, 0.3) is 44.2 Å². The van der Waals surface area contributed by atoms with E-state index in [1.54, 1.807) is 24.3 Å². The monoisotopic (exact) mass is 474 g/mol. The van der Waals surface area contributed by atoms with Gasteiger partial charge in [0.25, 0.3) is 0 Å². The van der Waals surface area contributed by atoms with Gasteiger partial charge in [-0.1, -0.05) is 60.7 Å². The molecule has 0 fully saturated rings. The largest absolute Gasteiger partial charge is 0.422 e. The molecule has 0 saturated carbocycles. The molecule has 2 aromatic heterocycles. The molecule has 4 aromatic carbocycles. The van der Waals surface area contributed by atoms with E-state index in [1.807, 2.05) is 84.9 Å². The van der Waals surface area contributed by atoms with Crippen LogP contribution in [0.5, 0.6) is 0 Å². The molecule has 36 heavy (non-hydrogen) atoms. The van der Waals surface area contributed by atoms with Crippen molar-refractivity contribution in [2.24, 2.45) is 0 Å². The summed E-state index contributed by atoms with van der Waals surface area (Å²) >= 11 is 0. The summed E-state index contributed by atoms with van der Waals surface area (Å²) in [7, 11) is 0. The molecule has 0 bridgehead atoms. The lowest BCUT2D eigenvalue weighted by atomic mass is 10.1. The van der Waals surface area contributed by atoms with Crippen LogP contribution >= 0.6 is 0 Å². The average Bonchev–Trinajstić information content (AvgIpc) is 2.89. The second-order valence-electron chi connectivity index (χ2n) is 8.22. The molecule has 6 rings (SSSR count). The van der Waals surface area contributed by atoms with Crippen LogP contribution in [0.4, 0.5) is 11.4 Å². The maximum absolute atomic E-state index is 11.9. The van der Waals surface area contributed by atoms with Crippen LogP contribution in [0.3, 0.4) is 0 Å². The zero-order chi connectivity index (χ0) is 25.1. The summed E-state index contributed by atoms with van der Waals surface area (Å²) in [6, 6.07) is 33.2. The second kappa shape index (κ2) is 9.64. The van der Waals surface area contributed by atoms with Gasteiger partial charge in [-0.15, -0.1) is 0 Å². The van der Waals surface area contributed by atoms with Crippen LogP contribution < -0.4 is 22.7 Å². The van der Waals surface area contributed by atoms with Gasteiger partial charge in [0.05, 0.1) is 11.1 Å². The molecule has 0 spiro atoms. The van der Waals surface area contributed by atoms with E-state index in [0.29, 0.717) is 33.7 Å². The first-order valence-electron chi connectivity index (χ1n) is 11.3. The smallest absolute Gasteiger partial charge is 0.344 e. The van der Waals surface area contributed by atoms with Crippen molar-refractivity contribution in [3.8, 4) is 22.3 Å². The van der Waals surface area contributed by atoms with E-state index in [-0.39, 0.29) is 11.3 Å². The molecule has 0 aliphatic carbocycles. The summed E-state index contributed by atoms with van der Waals surface area (Å²) in [4.78, 5) is 23.9. The van der Waals surface area contributed by atoms with Gasteiger partial charge >= 0.3 is 11.3 Å². The van der Waals surface area contributed by atoms with Gasteiger partial charge in [0.15, 0.2) is 0 Å². The molecule has 0 unspecified atom stereocenters. The number of hydrogen-bond donors (Lipinski definition) is 2. The first-order chi connectivity index (χ1) is 17.5. The van der Waals surface area contributed by atoms with Gasteiger partial charge in [0, 0.05) is 34.3 Å². The van der Waals surface area contributed by atoms with Crippen LogP contribution in [-0.4, -0.2) is 0 Å². The number of fused-ring (bicyclic) bond motifs is 2. The SMILES string of the molecule is Nc1ccc2cc(-c3ccccc3)c(=O)oc2c1.Nc1ccc2cc(-c3ccccc3)c(=O)oc2c1. The van der Waals surface area contributed by atoms with E-state index in [4.69, 9.17) is 20.3 Å². The second-order valence-corrected chi connectivity index (χ2v) is 8.22. The number of nitrogens with two attached hydrogens (primary N) is 2. The normalized spacial score (nSPS) is 10.7. The van der Waals surface area contributed by atoms with Gasteiger partial charge in [-0.25, -0.2) is 9.59 Å². The minimum Gasteiger partial charge on any atom is -0.422 e. The van der Waals surface area contributed by atoms with Gasteiger partial charge in [0.2, 0.25) is 0 Å². The van der Waals surface area contributed by atoms with Crippen LogP contribution in [0, 0.1) is 0 Å². The molecule has 0 amide bonds. The summed E-state index contributed by atoms with van der Waals surface area (Å²) < 4.78 is 10.6. The van der Waals surface area contributed by atoms with E-state index in [0.717, 1.165) is 21.9 Å². The molecule has 0 saturated heterocycles. The summed E-state index contributed by atoms with van der Waals surface area (Å²) in [5.74, 6) is 0. The van der Waals surface area contributed by atoms with Crippen molar-refractivity contribution in [1.82, 2.24) is 0 Å². The molecule has 2 heterocycles. The van der Waals surface area contributed by atoms with Gasteiger partial charge in [-0.3, -0.25) is 0 Å². The lowest BCUT2D eigenvalue weighted by molar-refractivity contribution is 0.563. The number of rotatable bonds is 2. The Morgan fingerprint density at radius 2 is 0.861 bits per heavy atom. The van der Waals surface area contributed by atoms with E-state index in [2.05, 4.69) is 0 Å². The summed E-state index contributed by atoms with van der Waals surface area (Å²) in [5, 5.41) is 1.73. The molecule has 0 aliphatic rings. The Labute approximate surface area is 206 Å². The maximum Gasteiger partial charge on any atom is 0.344 e. The fraction of sp³-hybridized carbons (Fsp3) is 0. The maximum atomic E-state index is 11.9. The Kier molecular flexibility index (Phi) is 6.07. The van der Waals surface area contributed by atoms with E-state index in [1.165, 1.54) is 0 Å². The van der Waals surface area contributed by atoms with E-state index >= 15 is 0 Å². The van der Waals surface area contributed by atoms with Crippen LogP contribution in [0.1, 0.15) is 0 Å². The van der Waals surface area contributed by atoms with Crippen LogP contribution in [0.15, 0.2) is 128 Å². The molecular formula is C30H22N2O4. The highest BCUT2D eigenvalue weighted by molar-refractivity contribution is 5.85. The Hall–Kier alpha value is -5.10.